The van der Waals surface area contributed by atoms with E-state index in [2.05, 4.69) is 21.7 Å². The number of aliphatic imine (C=N–C) groups is 2. The van der Waals surface area contributed by atoms with E-state index < -0.39 is 50.5 Å². The van der Waals surface area contributed by atoms with E-state index in [1.54, 1.807) is 17.0 Å². The van der Waals surface area contributed by atoms with Crippen LogP contribution in [0.4, 0.5) is 27.6 Å². The highest BCUT2D eigenvalue weighted by atomic mass is 32.2. The molecule has 3 aromatic rings. The summed E-state index contributed by atoms with van der Waals surface area (Å²) in [5.41, 5.74) is -0.825. The number of anilines is 1. The lowest BCUT2D eigenvalue weighted by molar-refractivity contribution is -0.141. The number of likely N-dealkylation sites (N-methyl/N-ethyl adjacent to an activating group) is 1. The van der Waals surface area contributed by atoms with Crippen LogP contribution in [0.25, 0.3) is 0 Å². The van der Waals surface area contributed by atoms with E-state index in [1.807, 2.05) is 19.0 Å². The fraction of sp³-hybridized carbons (Fsp3) is 0.400. The average Bonchev–Trinajstić information content (AvgIpc) is 3.09. The minimum atomic E-state index is -4.96. The van der Waals surface area contributed by atoms with Crippen LogP contribution in [0.15, 0.2) is 75.3 Å². The Bertz CT molecular complexity index is 1860. The van der Waals surface area contributed by atoms with E-state index in [0.717, 1.165) is 18.2 Å². The summed E-state index contributed by atoms with van der Waals surface area (Å²) in [7, 11) is 3.01. The molecule has 1 aromatic heterocycles. The maximum Gasteiger partial charge on any atom is 0.433 e. The molecule has 0 N–H and O–H groups in total. The van der Waals surface area contributed by atoms with Gasteiger partial charge in [-0.2, -0.15) is 13.2 Å². The summed E-state index contributed by atoms with van der Waals surface area (Å²) in [4.78, 5) is 14.0. The largest absolute Gasteiger partial charge is 0.497 e. The molecule has 1 aliphatic heterocycles. The molecule has 0 bridgehead atoms. The summed E-state index contributed by atoms with van der Waals surface area (Å²) in [6.45, 7) is 3.71. The summed E-state index contributed by atoms with van der Waals surface area (Å²) >= 11 is 0. The first-order valence-electron chi connectivity index (χ1n) is 15.9. The van der Waals surface area contributed by atoms with Gasteiger partial charge in [0.2, 0.25) is 0 Å². The number of allylic oxidation sites excluding steroid dienone is 1. The van der Waals surface area contributed by atoms with Crippen LogP contribution in [0, 0.1) is 11.6 Å². The zero-order valence-corrected chi connectivity index (χ0v) is 29.9. The molecule has 1 aliphatic rings. The Morgan fingerprint density at radius 3 is 2.39 bits per heavy atom. The van der Waals surface area contributed by atoms with Crippen LogP contribution in [0.5, 0.6) is 11.5 Å². The SMILES string of the molecule is C=N/C(=C\C=NC)N(Cc1ccc(OC)cc1OC)S(=O)(=O)c1c(F)cc(N2CCC[C@@](CCc3cccc(C(F)(F)F)n3)(N(C)C)C2)cc1F. The Kier molecular flexibility index (Phi) is 12.4. The van der Waals surface area contributed by atoms with Crippen LogP contribution in [0.3, 0.4) is 0 Å². The van der Waals surface area contributed by atoms with E-state index in [0.29, 0.717) is 41.4 Å². The molecule has 0 unspecified atom stereocenters. The third-order valence-electron chi connectivity index (χ3n) is 8.94. The highest BCUT2D eigenvalue weighted by Gasteiger charge is 2.39. The maximum absolute atomic E-state index is 16.1. The van der Waals surface area contributed by atoms with Gasteiger partial charge in [-0.05, 0) is 89.0 Å². The standard InChI is InChI=1S/C35H41F5N6O4S/c1-41-17-14-32(42-2)46(22-24-11-12-27(49-5)21-30(24)50-6)51(47,48)33-28(36)19-26(20-29(33)37)45-18-8-15-34(23-45,44(3)4)16-13-25-9-7-10-31(43-25)35(38,39)40/h7,9-12,14,17,19-21H,2,8,13,15-16,18,22-23H2,1,3-6H3/b32-14+,41-17?/t34-/m0/s1. The van der Waals surface area contributed by atoms with E-state index >= 15 is 8.78 Å². The third kappa shape index (κ3) is 8.84. The number of alkyl halides is 3. The molecule has 51 heavy (non-hydrogen) atoms. The van der Waals surface area contributed by atoms with Crippen molar-refractivity contribution in [1.82, 2.24) is 14.2 Å². The van der Waals surface area contributed by atoms with Crippen LogP contribution in [-0.4, -0.2) is 89.5 Å². The maximum atomic E-state index is 16.1. The number of hydrogen-bond acceptors (Lipinski definition) is 9. The predicted molar refractivity (Wildman–Crippen MR) is 186 cm³/mol. The number of aromatic nitrogens is 1. The molecule has 1 saturated heterocycles. The lowest BCUT2D eigenvalue weighted by Gasteiger charge is -2.48. The fourth-order valence-electron chi connectivity index (χ4n) is 6.13. The average molecular weight is 737 g/mol. The van der Waals surface area contributed by atoms with E-state index in [9.17, 15) is 21.6 Å². The second kappa shape index (κ2) is 16.2. The van der Waals surface area contributed by atoms with Crippen LogP contribution in [-0.2, 0) is 29.2 Å². The van der Waals surface area contributed by atoms with E-state index in [-0.39, 0.29) is 35.9 Å². The van der Waals surface area contributed by atoms with E-state index in [1.165, 1.54) is 51.8 Å². The summed E-state index contributed by atoms with van der Waals surface area (Å²) in [5, 5.41) is 0. The molecular weight excluding hydrogens is 695 g/mol. The Morgan fingerprint density at radius 1 is 1.10 bits per heavy atom. The molecule has 4 rings (SSSR count). The zero-order valence-electron chi connectivity index (χ0n) is 29.0. The third-order valence-corrected chi connectivity index (χ3v) is 10.7. The molecule has 0 aliphatic carbocycles. The van der Waals surface area contributed by atoms with Gasteiger partial charge in [0, 0.05) is 54.9 Å². The lowest BCUT2D eigenvalue weighted by Crippen LogP contribution is -2.56. The number of hydrogen-bond donors (Lipinski definition) is 0. The monoisotopic (exact) mass is 736 g/mol. The van der Waals surface area contributed by atoms with Gasteiger partial charge in [0.25, 0.3) is 10.0 Å². The summed E-state index contributed by atoms with van der Waals surface area (Å²) in [6.07, 6.45) is -0.141. The van der Waals surface area contributed by atoms with Crippen LogP contribution >= 0.6 is 0 Å². The molecule has 0 spiro atoms. The highest BCUT2D eigenvalue weighted by Crippen LogP contribution is 2.37. The first-order valence-corrected chi connectivity index (χ1v) is 17.3. The topological polar surface area (TPSA) is 99.9 Å². The van der Waals surface area contributed by atoms with Gasteiger partial charge in [0.05, 0.1) is 20.8 Å². The van der Waals surface area contributed by atoms with Crippen molar-refractivity contribution in [3.8, 4) is 11.5 Å². The molecule has 0 amide bonds. The number of aryl methyl sites for hydroxylation is 1. The number of ether oxygens (including phenoxy) is 2. The van der Waals surface area contributed by atoms with Crippen molar-refractivity contribution in [3.05, 3.63) is 89.0 Å². The minimum absolute atomic E-state index is 0.117. The molecule has 0 saturated carbocycles. The minimum Gasteiger partial charge on any atom is -0.497 e. The number of sulfonamides is 1. The molecular formula is C35H41F5N6O4S. The normalized spacial score (nSPS) is 17.2. The van der Waals surface area contributed by atoms with Gasteiger partial charge in [-0.3, -0.25) is 4.99 Å². The highest BCUT2D eigenvalue weighted by molar-refractivity contribution is 7.89. The van der Waals surface area contributed by atoms with E-state index in [4.69, 9.17) is 9.47 Å². The predicted octanol–water partition coefficient (Wildman–Crippen LogP) is 6.36. The smallest absolute Gasteiger partial charge is 0.433 e. The van der Waals surface area contributed by atoms with Crippen molar-refractivity contribution < 1.29 is 39.8 Å². The molecule has 16 heteroatoms. The Balaban J connectivity index is 1.69. The number of nitrogens with zero attached hydrogens (tertiary/aromatic N) is 6. The van der Waals surface area contributed by atoms with Crippen molar-refractivity contribution in [2.24, 2.45) is 9.98 Å². The van der Waals surface area contributed by atoms with Crippen LogP contribution in [0.2, 0.25) is 0 Å². The summed E-state index contributed by atoms with van der Waals surface area (Å²) < 4.78 is 112. The summed E-state index contributed by atoms with van der Waals surface area (Å²) in [5.74, 6) is -2.19. The molecule has 2 heterocycles. The van der Waals surface area contributed by atoms with Gasteiger partial charge in [-0.15, -0.1) is 0 Å². The Morgan fingerprint density at radius 2 is 1.80 bits per heavy atom. The number of methoxy groups -OCH3 is 2. The lowest BCUT2D eigenvalue weighted by atomic mass is 9.82. The molecule has 2 aromatic carbocycles. The van der Waals surface area contributed by atoms with Crippen molar-refractivity contribution >= 4 is 28.6 Å². The van der Waals surface area contributed by atoms with Gasteiger partial charge in [0.1, 0.15) is 34.6 Å². The van der Waals surface area contributed by atoms with Crippen LogP contribution < -0.4 is 14.4 Å². The number of halogens is 5. The van der Waals surface area contributed by atoms with Gasteiger partial charge in [-0.25, -0.2) is 31.5 Å². The second-order valence-electron chi connectivity index (χ2n) is 12.2. The van der Waals surface area contributed by atoms with Gasteiger partial charge < -0.3 is 19.3 Å². The first kappa shape index (κ1) is 39.2. The van der Waals surface area contributed by atoms with Crippen LogP contribution in [0.1, 0.15) is 36.2 Å². The fourth-order valence-corrected chi connectivity index (χ4v) is 7.64. The van der Waals surface area contributed by atoms with Gasteiger partial charge in [-0.1, -0.05) is 6.07 Å². The number of pyridine rings is 1. The molecule has 1 atom stereocenters. The molecule has 1 fully saturated rings. The van der Waals surface area contributed by atoms with Crippen molar-refractivity contribution in [2.45, 2.75) is 48.8 Å². The number of benzene rings is 2. The van der Waals surface area contributed by atoms with Gasteiger partial charge in [0.15, 0.2) is 4.90 Å². The van der Waals surface area contributed by atoms with Crippen molar-refractivity contribution in [1.29, 1.82) is 0 Å². The zero-order chi connectivity index (χ0) is 37.6. The first-order chi connectivity index (χ1) is 24.1. The molecule has 0 radical (unpaired) electrons. The van der Waals surface area contributed by atoms with Crippen molar-refractivity contribution in [3.63, 3.8) is 0 Å². The van der Waals surface area contributed by atoms with Gasteiger partial charge >= 0.3 is 6.18 Å². The number of rotatable bonds is 14. The molecule has 10 nitrogen and oxygen atoms in total. The number of piperidine rings is 1. The molecule has 276 valence electrons. The summed E-state index contributed by atoms with van der Waals surface area (Å²) in [6, 6.07) is 10.4. The Hall–Kier alpha value is -4.57. The Labute approximate surface area is 295 Å². The second-order valence-corrected chi connectivity index (χ2v) is 14.0. The quantitative estimate of drug-likeness (QED) is 0.140. The van der Waals surface area contributed by atoms with Crippen molar-refractivity contribution in [2.75, 3.05) is 53.4 Å².